The fraction of sp³-hybridized carbons (Fsp3) is 0.0769. The van der Waals surface area contributed by atoms with Crippen LogP contribution in [0, 0.1) is 0 Å². The molecule has 0 aliphatic heterocycles. The number of benzene rings is 2. The van der Waals surface area contributed by atoms with Crippen molar-refractivity contribution in [2.75, 3.05) is 0 Å². The number of nitrogens with zero attached hydrogens (tertiary/aromatic N) is 1. The number of para-hydroxylation sites is 1. The summed E-state index contributed by atoms with van der Waals surface area (Å²) in [5.74, 6) is 0. The molecule has 0 fully saturated rings. The first kappa shape index (κ1) is 11.6. The molecule has 0 saturated heterocycles. The van der Waals surface area contributed by atoms with Crippen LogP contribution in [0.25, 0.3) is 21.8 Å². The number of aryl methyl sites for hydroxylation is 1. The van der Waals surface area contributed by atoms with Crippen molar-refractivity contribution in [3.63, 3.8) is 0 Å². The Labute approximate surface area is 111 Å². The molecular formula is C13H7B4N. The van der Waals surface area contributed by atoms with Gasteiger partial charge in [-0.15, -0.1) is 10.9 Å². The molecule has 1 nitrogen and oxygen atoms in total. The molecule has 18 heavy (non-hydrogen) atoms. The topological polar surface area (TPSA) is 4.93 Å². The van der Waals surface area contributed by atoms with Crippen molar-refractivity contribution in [3.05, 3.63) is 24.3 Å². The van der Waals surface area contributed by atoms with E-state index in [9.17, 15) is 0 Å². The van der Waals surface area contributed by atoms with Gasteiger partial charge in [0.1, 0.15) is 31.4 Å². The lowest BCUT2D eigenvalue weighted by molar-refractivity contribution is 1.02. The van der Waals surface area contributed by atoms with E-state index in [1.807, 2.05) is 35.9 Å². The quantitative estimate of drug-likeness (QED) is 0.407. The standard InChI is InChI=1S/C13H7B4N/c1-18-7-5-3-2-4-6(7)8-9(14)10(15)11(16)12(17)13(8)18/h2-5H,1H3. The van der Waals surface area contributed by atoms with Crippen LogP contribution in [0.15, 0.2) is 24.3 Å². The summed E-state index contributed by atoms with van der Waals surface area (Å²) in [5.41, 5.74) is 3.57. The van der Waals surface area contributed by atoms with Gasteiger partial charge < -0.3 is 4.57 Å². The summed E-state index contributed by atoms with van der Waals surface area (Å²) < 4.78 is 1.99. The van der Waals surface area contributed by atoms with E-state index in [0.29, 0.717) is 21.9 Å². The minimum absolute atomic E-state index is 0.353. The van der Waals surface area contributed by atoms with E-state index < -0.39 is 0 Å². The average Bonchev–Trinajstić information content (AvgIpc) is 2.68. The molecule has 0 N–H and O–H groups in total. The summed E-state index contributed by atoms with van der Waals surface area (Å²) >= 11 is 0. The lowest BCUT2D eigenvalue weighted by Crippen LogP contribution is -2.48. The van der Waals surface area contributed by atoms with E-state index >= 15 is 0 Å². The Kier molecular flexibility index (Phi) is 2.41. The smallest absolute Gasteiger partial charge is 0.115 e. The Morgan fingerprint density at radius 3 is 2.17 bits per heavy atom. The fourth-order valence-electron chi connectivity index (χ4n) is 2.53. The molecule has 8 radical (unpaired) electrons. The van der Waals surface area contributed by atoms with Crippen molar-refractivity contribution in [1.29, 1.82) is 0 Å². The van der Waals surface area contributed by atoms with Crippen molar-refractivity contribution < 1.29 is 0 Å². The van der Waals surface area contributed by atoms with Gasteiger partial charge in [-0.25, -0.2) is 0 Å². The number of hydrogen-bond donors (Lipinski definition) is 0. The summed E-state index contributed by atoms with van der Waals surface area (Å²) in [4.78, 5) is 0. The lowest BCUT2D eigenvalue weighted by Gasteiger charge is -2.14. The second kappa shape index (κ2) is 3.74. The molecule has 76 valence electrons. The summed E-state index contributed by atoms with van der Waals surface area (Å²) in [7, 11) is 25.9. The molecule has 0 saturated carbocycles. The Hall–Kier alpha value is -1.50. The van der Waals surface area contributed by atoms with E-state index in [0.717, 1.165) is 21.8 Å². The van der Waals surface area contributed by atoms with Gasteiger partial charge in [0.2, 0.25) is 0 Å². The van der Waals surface area contributed by atoms with Crippen molar-refractivity contribution >= 4 is 75.0 Å². The van der Waals surface area contributed by atoms with Crippen LogP contribution in [0.3, 0.4) is 0 Å². The highest BCUT2D eigenvalue weighted by molar-refractivity contribution is 6.67. The molecule has 3 aromatic rings. The molecule has 5 heteroatoms. The molecule has 0 unspecified atom stereocenters. The minimum atomic E-state index is 0.353. The molecule has 0 aliphatic rings. The Morgan fingerprint density at radius 2 is 1.44 bits per heavy atom. The minimum Gasteiger partial charge on any atom is -0.344 e. The maximum absolute atomic E-state index is 6.09. The molecule has 1 aromatic heterocycles. The normalized spacial score (nSPS) is 11.4. The van der Waals surface area contributed by atoms with Gasteiger partial charge in [-0.3, -0.25) is 0 Å². The SMILES string of the molecule is [B]c1c([B])c([B])c2c(c1[B])c1ccccc1n2C. The van der Waals surface area contributed by atoms with Crippen molar-refractivity contribution in [2.45, 2.75) is 0 Å². The number of fused-ring (bicyclic) bond motifs is 3. The molecule has 1 heterocycles. The third-order valence-corrected chi connectivity index (χ3v) is 3.50. The highest BCUT2D eigenvalue weighted by atomic mass is 14.9. The highest BCUT2D eigenvalue weighted by Gasteiger charge is 2.14. The molecule has 0 aliphatic carbocycles. The van der Waals surface area contributed by atoms with Crippen LogP contribution in [-0.4, -0.2) is 36.0 Å². The van der Waals surface area contributed by atoms with Crippen LogP contribution in [0.2, 0.25) is 0 Å². The zero-order valence-electron chi connectivity index (χ0n) is 10.1. The molecule has 0 amide bonds. The van der Waals surface area contributed by atoms with Gasteiger partial charge in [-0.1, -0.05) is 29.1 Å². The monoisotopic (exact) mass is 221 g/mol. The zero-order chi connectivity index (χ0) is 13.0. The molecule has 0 bridgehead atoms. The number of hydrogen-bond acceptors (Lipinski definition) is 0. The molecule has 3 rings (SSSR count). The first-order valence-electron chi connectivity index (χ1n) is 5.63. The maximum Gasteiger partial charge on any atom is 0.115 e. The number of rotatable bonds is 0. The van der Waals surface area contributed by atoms with Crippen LogP contribution >= 0.6 is 0 Å². The van der Waals surface area contributed by atoms with Gasteiger partial charge >= 0.3 is 0 Å². The third-order valence-electron chi connectivity index (χ3n) is 3.50. The number of aromatic nitrogens is 1. The second-order valence-electron chi connectivity index (χ2n) is 4.45. The largest absolute Gasteiger partial charge is 0.344 e. The first-order valence-corrected chi connectivity index (χ1v) is 5.63. The Morgan fingerprint density at radius 1 is 0.833 bits per heavy atom. The Balaban J connectivity index is 2.73. The van der Waals surface area contributed by atoms with E-state index in [-0.39, 0.29) is 0 Å². The predicted octanol–water partition coefficient (Wildman–Crippen LogP) is -1.49. The van der Waals surface area contributed by atoms with E-state index in [2.05, 4.69) is 0 Å². The predicted molar refractivity (Wildman–Crippen MR) is 82.0 cm³/mol. The summed E-state index contributed by atoms with van der Waals surface area (Å²) in [5, 5.41) is 1.91. The highest BCUT2D eigenvalue weighted by Crippen LogP contribution is 2.24. The van der Waals surface area contributed by atoms with Gasteiger partial charge in [0.05, 0.1) is 0 Å². The molecule has 0 atom stereocenters. The summed E-state index contributed by atoms with van der Waals surface area (Å²) in [6.45, 7) is 0. The van der Waals surface area contributed by atoms with Crippen molar-refractivity contribution in [3.8, 4) is 0 Å². The van der Waals surface area contributed by atoms with Crippen LogP contribution in [0.4, 0.5) is 0 Å². The van der Waals surface area contributed by atoms with Crippen LogP contribution in [-0.2, 0) is 7.05 Å². The Bertz CT molecular complexity index is 789. The van der Waals surface area contributed by atoms with E-state index in [1.54, 1.807) is 0 Å². The van der Waals surface area contributed by atoms with Gasteiger partial charge in [0.15, 0.2) is 0 Å². The second-order valence-corrected chi connectivity index (χ2v) is 4.45. The molecule has 0 spiro atoms. The molecule has 2 aromatic carbocycles. The maximum atomic E-state index is 6.09. The lowest BCUT2D eigenvalue weighted by atomic mass is 9.65. The van der Waals surface area contributed by atoms with Gasteiger partial charge in [-0.2, -0.15) is 0 Å². The third kappa shape index (κ3) is 1.28. The van der Waals surface area contributed by atoms with Crippen LogP contribution in [0.1, 0.15) is 0 Å². The van der Waals surface area contributed by atoms with Crippen LogP contribution < -0.4 is 21.9 Å². The zero-order valence-corrected chi connectivity index (χ0v) is 10.1. The van der Waals surface area contributed by atoms with Gasteiger partial charge in [-0.05, 0) is 11.5 Å². The van der Waals surface area contributed by atoms with Gasteiger partial charge in [0.25, 0.3) is 0 Å². The summed E-state index contributed by atoms with van der Waals surface area (Å²) in [6.07, 6.45) is 0. The first-order chi connectivity index (χ1) is 8.54. The van der Waals surface area contributed by atoms with Crippen LogP contribution in [0.5, 0.6) is 0 Å². The van der Waals surface area contributed by atoms with Crippen molar-refractivity contribution in [2.24, 2.45) is 7.05 Å². The van der Waals surface area contributed by atoms with E-state index in [1.165, 1.54) is 0 Å². The average molecular weight is 220 g/mol. The fourth-order valence-corrected chi connectivity index (χ4v) is 2.53. The summed E-state index contributed by atoms with van der Waals surface area (Å²) in [6, 6.07) is 7.95. The molecular weight excluding hydrogens is 213 g/mol. The van der Waals surface area contributed by atoms with E-state index in [4.69, 9.17) is 31.4 Å². The van der Waals surface area contributed by atoms with Crippen molar-refractivity contribution in [1.82, 2.24) is 4.57 Å². The van der Waals surface area contributed by atoms with Gasteiger partial charge in [0, 0.05) is 23.5 Å².